The van der Waals surface area contributed by atoms with Gasteiger partial charge >= 0.3 is 0 Å². The van der Waals surface area contributed by atoms with E-state index in [0.29, 0.717) is 5.69 Å². The number of thioether (sulfide) groups is 1. The van der Waals surface area contributed by atoms with Gasteiger partial charge in [0.15, 0.2) is 5.69 Å². The highest BCUT2D eigenvalue weighted by Crippen LogP contribution is 2.23. The number of anilines is 1. The van der Waals surface area contributed by atoms with Gasteiger partial charge in [-0.1, -0.05) is 18.2 Å². The van der Waals surface area contributed by atoms with Crippen LogP contribution in [0.5, 0.6) is 0 Å². The lowest BCUT2D eigenvalue weighted by molar-refractivity contribution is 0.981. The SMILES string of the molecule is CSCCCNc1c(C#N)nnc2ccccc12. The Morgan fingerprint density at radius 2 is 2.17 bits per heavy atom. The molecule has 1 aromatic carbocycles. The summed E-state index contributed by atoms with van der Waals surface area (Å²) in [7, 11) is 0. The van der Waals surface area contributed by atoms with Gasteiger partial charge < -0.3 is 5.32 Å². The van der Waals surface area contributed by atoms with Crippen molar-refractivity contribution in [3.8, 4) is 6.07 Å². The highest BCUT2D eigenvalue weighted by atomic mass is 32.2. The van der Waals surface area contributed by atoms with Gasteiger partial charge in [0.1, 0.15) is 6.07 Å². The van der Waals surface area contributed by atoms with Gasteiger partial charge in [-0.15, -0.1) is 10.2 Å². The fourth-order valence-electron chi connectivity index (χ4n) is 1.74. The Hall–Kier alpha value is -1.80. The molecule has 18 heavy (non-hydrogen) atoms. The molecular formula is C13H14N4S. The van der Waals surface area contributed by atoms with E-state index in [1.807, 2.05) is 36.0 Å². The molecule has 0 unspecified atom stereocenters. The molecule has 0 spiro atoms. The fraction of sp³-hybridized carbons (Fsp3) is 0.308. The van der Waals surface area contributed by atoms with E-state index >= 15 is 0 Å². The van der Waals surface area contributed by atoms with Crippen molar-refractivity contribution in [3.05, 3.63) is 30.0 Å². The van der Waals surface area contributed by atoms with Gasteiger partial charge in [-0.25, -0.2) is 0 Å². The second-order valence-corrected chi connectivity index (χ2v) is 4.81. The summed E-state index contributed by atoms with van der Waals surface area (Å²) in [5.74, 6) is 1.10. The number of rotatable bonds is 5. The van der Waals surface area contributed by atoms with Crippen LogP contribution in [0.15, 0.2) is 24.3 Å². The lowest BCUT2D eigenvalue weighted by Gasteiger charge is -2.09. The summed E-state index contributed by atoms with van der Waals surface area (Å²) < 4.78 is 0. The van der Waals surface area contributed by atoms with E-state index < -0.39 is 0 Å². The van der Waals surface area contributed by atoms with Crippen molar-refractivity contribution in [3.63, 3.8) is 0 Å². The Morgan fingerprint density at radius 1 is 1.33 bits per heavy atom. The first-order valence-corrected chi connectivity index (χ1v) is 7.14. The fourth-order valence-corrected chi connectivity index (χ4v) is 2.17. The van der Waals surface area contributed by atoms with E-state index in [0.717, 1.165) is 35.3 Å². The van der Waals surface area contributed by atoms with E-state index in [1.165, 1.54) is 0 Å². The zero-order chi connectivity index (χ0) is 12.8. The quantitative estimate of drug-likeness (QED) is 0.835. The number of nitriles is 1. The second-order valence-electron chi connectivity index (χ2n) is 3.83. The molecule has 1 heterocycles. The number of benzene rings is 1. The molecule has 1 aromatic heterocycles. The van der Waals surface area contributed by atoms with Crippen molar-refractivity contribution >= 4 is 28.4 Å². The molecule has 0 aliphatic rings. The van der Waals surface area contributed by atoms with Crippen LogP contribution in [0.4, 0.5) is 5.69 Å². The predicted molar refractivity (Wildman–Crippen MR) is 75.7 cm³/mol. The molecule has 0 bridgehead atoms. The third-order valence-corrected chi connectivity index (χ3v) is 3.30. The Kier molecular flexibility index (Phi) is 4.37. The Morgan fingerprint density at radius 3 is 2.94 bits per heavy atom. The van der Waals surface area contributed by atoms with Gasteiger partial charge in [-0.05, 0) is 24.5 Å². The minimum Gasteiger partial charge on any atom is -0.382 e. The van der Waals surface area contributed by atoms with Crippen molar-refractivity contribution in [1.29, 1.82) is 5.26 Å². The van der Waals surface area contributed by atoms with Crippen LogP contribution < -0.4 is 5.32 Å². The highest BCUT2D eigenvalue weighted by molar-refractivity contribution is 7.98. The Balaban J connectivity index is 2.30. The van der Waals surface area contributed by atoms with E-state index in [1.54, 1.807) is 0 Å². The maximum Gasteiger partial charge on any atom is 0.186 e. The lowest BCUT2D eigenvalue weighted by atomic mass is 10.1. The standard InChI is InChI=1S/C13H14N4S/c1-18-8-4-7-15-13-10-5-2-3-6-11(10)16-17-12(13)9-14/h2-3,5-6H,4,7-8H2,1H3,(H,15,16). The second kappa shape index (κ2) is 6.22. The van der Waals surface area contributed by atoms with Crippen LogP contribution in [-0.2, 0) is 0 Å². The summed E-state index contributed by atoms with van der Waals surface area (Å²) >= 11 is 1.82. The average Bonchev–Trinajstić information content (AvgIpc) is 2.43. The van der Waals surface area contributed by atoms with Crippen LogP contribution in [-0.4, -0.2) is 28.8 Å². The smallest absolute Gasteiger partial charge is 0.186 e. The number of fused-ring (bicyclic) bond motifs is 1. The molecule has 2 aromatic rings. The highest BCUT2D eigenvalue weighted by Gasteiger charge is 2.09. The van der Waals surface area contributed by atoms with Crippen LogP contribution in [0.3, 0.4) is 0 Å². The first-order chi connectivity index (χ1) is 8.86. The predicted octanol–water partition coefficient (Wildman–Crippen LogP) is 2.67. The molecule has 0 saturated heterocycles. The van der Waals surface area contributed by atoms with Crippen LogP contribution in [0.25, 0.3) is 10.9 Å². The van der Waals surface area contributed by atoms with Gasteiger partial charge in [0.2, 0.25) is 0 Å². The van der Waals surface area contributed by atoms with Crippen molar-refractivity contribution in [1.82, 2.24) is 10.2 Å². The van der Waals surface area contributed by atoms with Crippen molar-refractivity contribution < 1.29 is 0 Å². The van der Waals surface area contributed by atoms with E-state index in [4.69, 9.17) is 5.26 Å². The molecule has 4 nitrogen and oxygen atoms in total. The molecule has 0 radical (unpaired) electrons. The molecule has 0 amide bonds. The minimum absolute atomic E-state index is 0.359. The van der Waals surface area contributed by atoms with Gasteiger partial charge in [0.25, 0.3) is 0 Å². The zero-order valence-corrected chi connectivity index (χ0v) is 11.0. The molecule has 0 fully saturated rings. The molecule has 0 aliphatic heterocycles. The normalized spacial score (nSPS) is 10.2. The van der Waals surface area contributed by atoms with Crippen LogP contribution in [0.1, 0.15) is 12.1 Å². The van der Waals surface area contributed by atoms with Gasteiger partial charge in [0, 0.05) is 11.9 Å². The molecular weight excluding hydrogens is 244 g/mol. The summed E-state index contributed by atoms with van der Waals surface area (Å²) in [6, 6.07) is 9.81. The largest absolute Gasteiger partial charge is 0.382 e. The third-order valence-electron chi connectivity index (χ3n) is 2.60. The zero-order valence-electron chi connectivity index (χ0n) is 10.2. The van der Waals surface area contributed by atoms with Gasteiger partial charge in [0.05, 0.1) is 11.2 Å². The topological polar surface area (TPSA) is 61.6 Å². The molecule has 0 atom stereocenters. The van der Waals surface area contributed by atoms with Crippen LogP contribution in [0.2, 0.25) is 0 Å². The number of hydrogen-bond acceptors (Lipinski definition) is 5. The van der Waals surface area contributed by atoms with Gasteiger partial charge in [-0.3, -0.25) is 0 Å². The van der Waals surface area contributed by atoms with Crippen LogP contribution >= 0.6 is 11.8 Å². The van der Waals surface area contributed by atoms with Crippen LogP contribution in [0, 0.1) is 11.3 Å². The Bertz CT molecular complexity index is 577. The third kappa shape index (κ3) is 2.71. The monoisotopic (exact) mass is 258 g/mol. The van der Waals surface area contributed by atoms with E-state index in [2.05, 4.69) is 27.8 Å². The lowest BCUT2D eigenvalue weighted by Crippen LogP contribution is -2.06. The van der Waals surface area contributed by atoms with E-state index in [9.17, 15) is 0 Å². The molecule has 0 saturated carbocycles. The number of nitrogens with one attached hydrogen (secondary N) is 1. The van der Waals surface area contributed by atoms with Crippen molar-refractivity contribution in [2.24, 2.45) is 0 Å². The first kappa shape index (κ1) is 12.7. The summed E-state index contributed by atoms with van der Waals surface area (Å²) in [6.07, 6.45) is 3.15. The summed E-state index contributed by atoms with van der Waals surface area (Å²) in [5.41, 5.74) is 1.96. The average molecular weight is 258 g/mol. The minimum atomic E-state index is 0.359. The number of hydrogen-bond donors (Lipinski definition) is 1. The van der Waals surface area contributed by atoms with Crippen molar-refractivity contribution in [2.75, 3.05) is 23.9 Å². The molecule has 2 rings (SSSR count). The summed E-state index contributed by atoms with van der Waals surface area (Å²) in [6.45, 7) is 0.838. The first-order valence-electron chi connectivity index (χ1n) is 5.75. The van der Waals surface area contributed by atoms with E-state index in [-0.39, 0.29) is 0 Å². The summed E-state index contributed by atoms with van der Waals surface area (Å²) in [4.78, 5) is 0. The van der Waals surface area contributed by atoms with Gasteiger partial charge in [-0.2, -0.15) is 17.0 Å². The molecule has 1 N–H and O–H groups in total. The van der Waals surface area contributed by atoms with Crippen molar-refractivity contribution in [2.45, 2.75) is 6.42 Å². The number of nitrogens with zero attached hydrogens (tertiary/aromatic N) is 3. The Labute approximate surface area is 110 Å². The number of aromatic nitrogens is 2. The molecule has 92 valence electrons. The molecule has 0 aliphatic carbocycles. The summed E-state index contributed by atoms with van der Waals surface area (Å²) in [5, 5.41) is 21.3. The maximum absolute atomic E-state index is 9.08. The molecule has 5 heteroatoms. The maximum atomic E-state index is 9.08.